The van der Waals surface area contributed by atoms with Gasteiger partial charge in [0.1, 0.15) is 11.6 Å². The predicted octanol–water partition coefficient (Wildman–Crippen LogP) is 2.69. The van der Waals surface area contributed by atoms with Crippen molar-refractivity contribution in [1.29, 1.82) is 0 Å². The topological polar surface area (TPSA) is 99.2 Å². The first kappa shape index (κ1) is 19.1. The highest BCUT2D eigenvalue weighted by molar-refractivity contribution is 6.05. The second-order valence-corrected chi connectivity index (χ2v) is 5.98. The van der Waals surface area contributed by atoms with Gasteiger partial charge in [-0.1, -0.05) is 6.92 Å². The molecule has 0 atom stereocenters. The van der Waals surface area contributed by atoms with Gasteiger partial charge in [-0.05, 0) is 55.0 Å². The minimum atomic E-state index is -0.567. The van der Waals surface area contributed by atoms with Gasteiger partial charge in [0.15, 0.2) is 6.61 Å². The number of hydrogen-bond acceptors (Lipinski definition) is 4. The van der Waals surface area contributed by atoms with Crippen molar-refractivity contribution in [3.05, 3.63) is 71.8 Å². The summed E-state index contributed by atoms with van der Waals surface area (Å²) < 4.78 is 20.0. The molecule has 0 aliphatic rings. The Morgan fingerprint density at radius 2 is 1.82 bits per heavy atom. The molecule has 2 amide bonds. The number of nitrogens with two attached hydrogens (primary N) is 1. The van der Waals surface area contributed by atoms with Crippen LogP contribution in [0.3, 0.4) is 0 Å². The SMILES string of the molecule is CCc1c(C(=O)Nc2ccc(OCC(N)=O)cc2)cnn1-c1ccc(F)cc1. The minimum absolute atomic E-state index is 0.214. The van der Waals surface area contributed by atoms with E-state index in [9.17, 15) is 14.0 Å². The molecule has 3 rings (SSSR count). The van der Waals surface area contributed by atoms with Crippen LogP contribution in [0.4, 0.5) is 10.1 Å². The van der Waals surface area contributed by atoms with Gasteiger partial charge in [0.2, 0.25) is 0 Å². The van der Waals surface area contributed by atoms with E-state index in [2.05, 4.69) is 10.4 Å². The van der Waals surface area contributed by atoms with Gasteiger partial charge in [0.25, 0.3) is 11.8 Å². The summed E-state index contributed by atoms with van der Waals surface area (Å²) in [6.45, 7) is 1.70. The first-order valence-electron chi connectivity index (χ1n) is 8.63. The standard InChI is InChI=1S/C20H19FN4O3/c1-2-18-17(11-23-25(18)15-7-3-13(21)4-8-15)20(27)24-14-5-9-16(10-6-14)28-12-19(22)26/h3-11H,2,12H2,1H3,(H2,22,26)(H,24,27). The number of ether oxygens (including phenoxy) is 1. The number of primary amides is 1. The van der Waals surface area contributed by atoms with E-state index in [0.29, 0.717) is 34.8 Å². The normalized spacial score (nSPS) is 10.5. The fourth-order valence-corrected chi connectivity index (χ4v) is 2.70. The molecule has 144 valence electrons. The Morgan fingerprint density at radius 1 is 1.14 bits per heavy atom. The number of carbonyl (C=O) groups excluding carboxylic acids is 2. The molecule has 1 aromatic heterocycles. The summed E-state index contributed by atoms with van der Waals surface area (Å²) in [6.07, 6.45) is 2.06. The van der Waals surface area contributed by atoms with Gasteiger partial charge in [0.05, 0.1) is 23.1 Å². The molecule has 1 heterocycles. The van der Waals surface area contributed by atoms with E-state index in [1.807, 2.05) is 6.92 Å². The first-order valence-corrected chi connectivity index (χ1v) is 8.63. The monoisotopic (exact) mass is 382 g/mol. The molecule has 2 aromatic carbocycles. The second-order valence-electron chi connectivity index (χ2n) is 5.98. The van der Waals surface area contributed by atoms with Crippen molar-refractivity contribution >= 4 is 17.5 Å². The Bertz CT molecular complexity index is 982. The number of aromatic nitrogens is 2. The van der Waals surface area contributed by atoms with E-state index >= 15 is 0 Å². The molecule has 0 saturated carbocycles. The van der Waals surface area contributed by atoms with Crippen LogP contribution in [0.15, 0.2) is 54.7 Å². The maximum absolute atomic E-state index is 13.2. The van der Waals surface area contributed by atoms with Gasteiger partial charge in [-0.3, -0.25) is 9.59 Å². The highest BCUT2D eigenvalue weighted by atomic mass is 19.1. The van der Waals surface area contributed by atoms with Crippen molar-refractivity contribution in [2.75, 3.05) is 11.9 Å². The maximum atomic E-state index is 13.2. The zero-order chi connectivity index (χ0) is 20.1. The number of benzene rings is 2. The van der Waals surface area contributed by atoms with Crippen LogP contribution in [0.5, 0.6) is 5.75 Å². The van der Waals surface area contributed by atoms with E-state index in [1.54, 1.807) is 41.1 Å². The molecule has 0 unspecified atom stereocenters. The van der Waals surface area contributed by atoms with E-state index in [4.69, 9.17) is 10.5 Å². The molecule has 7 nitrogen and oxygen atoms in total. The van der Waals surface area contributed by atoms with Crippen LogP contribution in [-0.4, -0.2) is 28.2 Å². The summed E-state index contributed by atoms with van der Waals surface area (Å²) in [5.74, 6) is -0.746. The van der Waals surface area contributed by atoms with Gasteiger partial charge in [0, 0.05) is 5.69 Å². The third-order valence-electron chi connectivity index (χ3n) is 4.01. The Hall–Kier alpha value is -3.68. The van der Waals surface area contributed by atoms with Crippen LogP contribution in [0.1, 0.15) is 23.0 Å². The third kappa shape index (κ3) is 4.35. The quantitative estimate of drug-likeness (QED) is 0.656. The molecule has 0 radical (unpaired) electrons. The highest BCUT2D eigenvalue weighted by Crippen LogP contribution is 2.20. The molecule has 0 saturated heterocycles. The van der Waals surface area contributed by atoms with E-state index in [1.165, 1.54) is 18.3 Å². The lowest BCUT2D eigenvalue weighted by Crippen LogP contribution is -2.20. The lowest BCUT2D eigenvalue weighted by molar-refractivity contribution is -0.119. The molecule has 0 spiro atoms. The number of halogens is 1. The van der Waals surface area contributed by atoms with E-state index in [-0.39, 0.29) is 18.3 Å². The molecule has 0 aliphatic heterocycles. The molecule has 8 heteroatoms. The molecule has 0 bridgehead atoms. The lowest BCUT2D eigenvalue weighted by atomic mass is 10.1. The number of anilines is 1. The van der Waals surface area contributed by atoms with Crippen molar-refractivity contribution < 1.29 is 18.7 Å². The van der Waals surface area contributed by atoms with Crippen LogP contribution in [0.25, 0.3) is 5.69 Å². The second kappa shape index (κ2) is 8.34. The molecule has 28 heavy (non-hydrogen) atoms. The Kier molecular flexibility index (Phi) is 5.69. The Labute approximate surface area is 160 Å². The molecule has 0 fully saturated rings. The minimum Gasteiger partial charge on any atom is -0.484 e. The zero-order valence-electron chi connectivity index (χ0n) is 15.2. The molecular weight excluding hydrogens is 363 g/mol. The van der Waals surface area contributed by atoms with Gasteiger partial charge >= 0.3 is 0 Å². The van der Waals surface area contributed by atoms with Crippen LogP contribution in [0.2, 0.25) is 0 Å². The predicted molar refractivity (Wildman–Crippen MR) is 102 cm³/mol. The number of hydrogen-bond donors (Lipinski definition) is 2. The Morgan fingerprint density at radius 3 is 2.43 bits per heavy atom. The van der Waals surface area contributed by atoms with Crippen molar-refractivity contribution in [3.8, 4) is 11.4 Å². The summed E-state index contributed by atoms with van der Waals surface area (Å²) >= 11 is 0. The van der Waals surface area contributed by atoms with Crippen LogP contribution < -0.4 is 15.8 Å². The van der Waals surface area contributed by atoms with Gasteiger partial charge in [-0.2, -0.15) is 5.10 Å². The van der Waals surface area contributed by atoms with Crippen molar-refractivity contribution in [3.63, 3.8) is 0 Å². The summed E-state index contributed by atoms with van der Waals surface area (Å²) in [5, 5.41) is 7.07. The van der Waals surface area contributed by atoms with Crippen LogP contribution >= 0.6 is 0 Å². The zero-order valence-corrected chi connectivity index (χ0v) is 15.2. The number of nitrogens with zero attached hydrogens (tertiary/aromatic N) is 2. The number of carbonyl (C=O) groups is 2. The number of rotatable bonds is 7. The van der Waals surface area contributed by atoms with Gasteiger partial charge < -0.3 is 15.8 Å². The smallest absolute Gasteiger partial charge is 0.259 e. The summed E-state index contributed by atoms with van der Waals surface area (Å²) in [4.78, 5) is 23.4. The maximum Gasteiger partial charge on any atom is 0.259 e. The van der Waals surface area contributed by atoms with Crippen LogP contribution in [0, 0.1) is 5.82 Å². The third-order valence-corrected chi connectivity index (χ3v) is 4.01. The molecular formula is C20H19FN4O3. The summed E-state index contributed by atoms with van der Waals surface area (Å²) in [6, 6.07) is 12.5. The number of nitrogens with one attached hydrogen (secondary N) is 1. The summed E-state index contributed by atoms with van der Waals surface area (Å²) in [5.41, 5.74) is 7.41. The van der Waals surface area contributed by atoms with Crippen LogP contribution in [-0.2, 0) is 11.2 Å². The lowest BCUT2D eigenvalue weighted by Gasteiger charge is -2.09. The fourth-order valence-electron chi connectivity index (χ4n) is 2.70. The average Bonchev–Trinajstić information content (AvgIpc) is 3.12. The molecule has 0 aliphatic carbocycles. The molecule has 3 N–H and O–H groups in total. The fraction of sp³-hybridized carbons (Fsp3) is 0.150. The van der Waals surface area contributed by atoms with Crippen molar-refractivity contribution in [2.24, 2.45) is 5.73 Å². The van der Waals surface area contributed by atoms with Crippen molar-refractivity contribution in [2.45, 2.75) is 13.3 Å². The summed E-state index contributed by atoms with van der Waals surface area (Å²) in [7, 11) is 0. The van der Waals surface area contributed by atoms with E-state index in [0.717, 1.165) is 0 Å². The van der Waals surface area contributed by atoms with Gasteiger partial charge in [-0.25, -0.2) is 9.07 Å². The van der Waals surface area contributed by atoms with E-state index < -0.39 is 5.91 Å². The Balaban J connectivity index is 1.75. The number of amides is 2. The van der Waals surface area contributed by atoms with Gasteiger partial charge in [-0.15, -0.1) is 0 Å². The van der Waals surface area contributed by atoms with Crippen molar-refractivity contribution in [1.82, 2.24) is 9.78 Å². The highest BCUT2D eigenvalue weighted by Gasteiger charge is 2.17. The largest absolute Gasteiger partial charge is 0.484 e. The average molecular weight is 382 g/mol. The molecule has 3 aromatic rings. The first-order chi connectivity index (χ1) is 13.5.